The van der Waals surface area contributed by atoms with Gasteiger partial charge in [0.2, 0.25) is 0 Å². The maximum Gasteiger partial charge on any atom is 0.0321 e. The third kappa shape index (κ3) is 2.05. The Hall–Kier alpha value is -0.0800. The van der Waals surface area contributed by atoms with Crippen LogP contribution in [0.2, 0.25) is 0 Å². The molecule has 76 valence electrons. The number of hydrogen-bond acceptors (Lipinski definition) is 2. The molecule has 2 heterocycles. The van der Waals surface area contributed by atoms with Crippen LogP contribution < -0.4 is 5.32 Å². The summed E-state index contributed by atoms with van der Waals surface area (Å²) in [5, 5.41) is 3.69. The first-order valence-electron chi connectivity index (χ1n) is 5.68. The molecule has 2 fully saturated rings. The second-order valence-corrected chi connectivity index (χ2v) is 5.19. The molecular formula is C11H22N2. The van der Waals surface area contributed by atoms with Crippen LogP contribution >= 0.6 is 0 Å². The van der Waals surface area contributed by atoms with Crippen molar-refractivity contribution in [3.8, 4) is 0 Å². The van der Waals surface area contributed by atoms with Crippen molar-refractivity contribution in [3.05, 3.63) is 0 Å². The lowest BCUT2D eigenvalue weighted by Gasteiger charge is -2.25. The Morgan fingerprint density at radius 2 is 2.23 bits per heavy atom. The summed E-state index contributed by atoms with van der Waals surface area (Å²) in [6.07, 6.45) is 4.16. The molecule has 1 spiro atoms. The van der Waals surface area contributed by atoms with Crippen molar-refractivity contribution in [1.82, 2.24) is 10.2 Å². The summed E-state index contributed by atoms with van der Waals surface area (Å²) in [7, 11) is 0. The molecular weight excluding hydrogens is 160 g/mol. The van der Waals surface area contributed by atoms with Crippen molar-refractivity contribution in [2.24, 2.45) is 5.92 Å². The Kier molecular flexibility index (Phi) is 2.61. The maximum atomic E-state index is 3.69. The largest absolute Gasteiger partial charge is 0.310 e. The van der Waals surface area contributed by atoms with Crippen LogP contribution in [0.15, 0.2) is 0 Å². The molecule has 2 nitrogen and oxygen atoms in total. The number of nitrogens with one attached hydrogen (secondary N) is 1. The first-order chi connectivity index (χ1) is 6.20. The molecule has 13 heavy (non-hydrogen) atoms. The molecule has 2 rings (SSSR count). The second kappa shape index (κ2) is 3.58. The van der Waals surface area contributed by atoms with E-state index in [4.69, 9.17) is 0 Å². The highest BCUT2D eigenvalue weighted by Crippen LogP contribution is 2.30. The fraction of sp³-hybridized carbons (Fsp3) is 1.00. The lowest BCUT2D eigenvalue weighted by atomic mass is 9.97. The molecule has 2 heteroatoms. The monoisotopic (exact) mass is 182 g/mol. The predicted octanol–water partition coefficient (Wildman–Crippen LogP) is 1.47. The van der Waals surface area contributed by atoms with Gasteiger partial charge in [-0.25, -0.2) is 0 Å². The second-order valence-electron chi connectivity index (χ2n) is 5.19. The topological polar surface area (TPSA) is 15.3 Å². The third-order valence-electron chi connectivity index (χ3n) is 3.39. The average Bonchev–Trinajstić information content (AvgIpc) is 2.63. The molecule has 2 saturated heterocycles. The van der Waals surface area contributed by atoms with Crippen molar-refractivity contribution < 1.29 is 0 Å². The van der Waals surface area contributed by atoms with Gasteiger partial charge < -0.3 is 10.2 Å². The van der Waals surface area contributed by atoms with Crippen molar-refractivity contribution in [3.63, 3.8) is 0 Å². The average molecular weight is 182 g/mol. The fourth-order valence-corrected chi connectivity index (χ4v) is 2.85. The number of hydrogen-bond donors (Lipinski definition) is 1. The summed E-state index contributed by atoms with van der Waals surface area (Å²) < 4.78 is 0. The maximum absolute atomic E-state index is 3.69. The van der Waals surface area contributed by atoms with E-state index < -0.39 is 0 Å². The van der Waals surface area contributed by atoms with Crippen LogP contribution in [0, 0.1) is 5.92 Å². The summed E-state index contributed by atoms with van der Waals surface area (Å²) in [5.74, 6) is 0.816. The van der Waals surface area contributed by atoms with E-state index in [9.17, 15) is 0 Å². The Balaban J connectivity index is 1.86. The zero-order valence-electron chi connectivity index (χ0n) is 8.97. The van der Waals surface area contributed by atoms with E-state index in [0.717, 1.165) is 5.92 Å². The molecule has 0 amide bonds. The normalized spacial score (nSPS) is 35.3. The van der Waals surface area contributed by atoms with Gasteiger partial charge in [0.05, 0.1) is 0 Å². The zero-order valence-corrected chi connectivity index (χ0v) is 8.97. The Morgan fingerprint density at radius 1 is 1.38 bits per heavy atom. The van der Waals surface area contributed by atoms with E-state index in [0.29, 0.717) is 5.54 Å². The van der Waals surface area contributed by atoms with Gasteiger partial charge >= 0.3 is 0 Å². The van der Waals surface area contributed by atoms with Crippen LogP contribution in [0.4, 0.5) is 0 Å². The van der Waals surface area contributed by atoms with Gasteiger partial charge in [-0.05, 0) is 31.7 Å². The first kappa shape index (κ1) is 9.47. The minimum atomic E-state index is 0.523. The van der Waals surface area contributed by atoms with E-state index in [1.165, 1.54) is 45.4 Å². The minimum Gasteiger partial charge on any atom is -0.310 e. The highest BCUT2D eigenvalue weighted by molar-refractivity contribution is 5.00. The molecule has 2 aliphatic rings. The Labute approximate surface area is 81.7 Å². The number of nitrogens with zero attached hydrogens (tertiary/aromatic N) is 1. The molecule has 0 aliphatic carbocycles. The summed E-state index contributed by atoms with van der Waals surface area (Å²) >= 11 is 0. The third-order valence-corrected chi connectivity index (χ3v) is 3.39. The van der Waals surface area contributed by atoms with E-state index in [1.54, 1.807) is 0 Å². The number of rotatable bonds is 2. The highest BCUT2D eigenvalue weighted by atomic mass is 15.2. The van der Waals surface area contributed by atoms with Gasteiger partial charge in [-0.3, -0.25) is 0 Å². The molecule has 0 aromatic rings. The highest BCUT2D eigenvalue weighted by Gasteiger charge is 2.39. The van der Waals surface area contributed by atoms with Crippen molar-refractivity contribution >= 4 is 0 Å². The van der Waals surface area contributed by atoms with Crippen molar-refractivity contribution in [1.29, 1.82) is 0 Å². The fourth-order valence-electron chi connectivity index (χ4n) is 2.85. The quantitative estimate of drug-likeness (QED) is 0.695. The van der Waals surface area contributed by atoms with Gasteiger partial charge in [0.1, 0.15) is 0 Å². The number of likely N-dealkylation sites (tertiary alicyclic amines) is 1. The van der Waals surface area contributed by atoms with E-state index in [1.807, 2.05) is 0 Å². The molecule has 1 unspecified atom stereocenters. The SMILES string of the molecule is CC(C)CN1CCC2(CCCN2)C1. The molecule has 0 bridgehead atoms. The molecule has 0 aromatic heterocycles. The van der Waals surface area contributed by atoms with Gasteiger partial charge in [-0.2, -0.15) is 0 Å². The molecule has 0 aromatic carbocycles. The van der Waals surface area contributed by atoms with Gasteiger partial charge in [0.25, 0.3) is 0 Å². The van der Waals surface area contributed by atoms with E-state index in [-0.39, 0.29) is 0 Å². The smallest absolute Gasteiger partial charge is 0.0321 e. The van der Waals surface area contributed by atoms with Gasteiger partial charge in [-0.15, -0.1) is 0 Å². The van der Waals surface area contributed by atoms with Crippen LogP contribution in [0.5, 0.6) is 0 Å². The van der Waals surface area contributed by atoms with Gasteiger partial charge in [0.15, 0.2) is 0 Å². The summed E-state index contributed by atoms with van der Waals surface area (Å²) in [6, 6.07) is 0. The zero-order chi connectivity index (χ0) is 9.31. The predicted molar refractivity (Wildman–Crippen MR) is 55.9 cm³/mol. The van der Waals surface area contributed by atoms with Crippen LogP contribution in [-0.2, 0) is 0 Å². The molecule has 0 radical (unpaired) electrons. The summed E-state index contributed by atoms with van der Waals surface area (Å²) in [5.41, 5.74) is 0.523. The van der Waals surface area contributed by atoms with E-state index >= 15 is 0 Å². The Morgan fingerprint density at radius 3 is 2.85 bits per heavy atom. The Bertz CT molecular complexity index is 171. The van der Waals surface area contributed by atoms with Crippen molar-refractivity contribution in [2.45, 2.75) is 38.6 Å². The van der Waals surface area contributed by atoms with Crippen LogP contribution in [0.25, 0.3) is 0 Å². The van der Waals surface area contributed by atoms with Gasteiger partial charge in [-0.1, -0.05) is 13.8 Å². The van der Waals surface area contributed by atoms with Gasteiger partial charge in [0, 0.05) is 25.2 Å². The molecule has 1 atom stereocenters. The lowest BCUT2D eigenvalue weighted by molar-refractivity contribution is 0.269. The molecule has 2 aliphatic heterocycles. The van der Waals surface area contributed by atoms with Crippen LogP contribution in [0.3, 0.4) is 0 Å². The van der Waals surface area contributed by atoms with Crippen LogP contribution in [-0.4, -0.2) is 36.6 Å². The molecule has 1 N–H and O–H groups in total. The summed E-state index contributed by atoms with van der Waals surface area (Å²) in [4.78, 5) is 2.63. The first-order valence-corrected chi connectivity index (χ1v) is 5.68. The van der Waals surface area contributed by atoms with Crippen molar-refractivity contribution in [2.75, 3.05) is 26.2 Å². The lowest BCUT2D eigenvalue weighted by Crippen LogP contribution is -2.42. The van der Waals surface area contributed by atoms with Crippen LogP contribution in [0.1, 0.15) is 33.1 Å². The summed E-state index contributed by atoms with van der Waals surface area (Å²) in [6.45, 7) is 9.76. The standard InChI is InChI=1S/C11H22N2/c1-10(2)8-13-7-5-11(9-13)4-3-6-12-11/h10,12H,3-9H2,1-2H3. The van der Waals surface area contributed by atoms with E-state index in [2.05, 4.69) is 24.1 Å². The minimum absolute atomic E-state index is 0.523. The molecule has 0 saturated carbocycles.